The van der Waals surface area contributed by atoms with Crippen molar-refractivity contribution in [3.8, 4) is 11.5 Å². The fourth-order valence-corrected chi connectivity index (χ4v) is 3.70. The molecule has 0 radical (unpaired) electrons. The zero-order chi connectivity index (χ0) is 19.8. The molecule has 0 spiro atoms. The third-order valence-electron chi connectivity index (χ3n) is 5.27. The molecule has 0 saturated heterocycles. The van der Waals surface area contributed by atoms with Crippen LogP contribution in [0.2, 0.25) is 0 Å². The van der Waals surface area contributed by atoms with Crippen LogP contribution in [0.4, 0.5) is 0 Å². The number of aryl methyl sites for hydroxylation is 1. The lowest BCUT2D eigenvalue weighted by atomic mass is 9.85. The van der Waals surface area contributed by atoms with Crippen molar-refractivity contribution in [1.29, 1.82) is 0 Å². The number of carbonyl (C=O) groups excluding carboxylic acids is 1. The molecule has 1 fully saturated rings. The number of rotatable bonds is 8. The van der Waals surface area contributed by atoms with Gasteiger partial charge in [-0.3, -0.25) is 0 Å². The van der Waals surface area contributed by atoms with Crippen LogP contribution in [0.1, 0.15) is 61.4 Å². The molecule has 1 aliphatic rings. The minimum Gasteiger partial charge on any atom is -0.492 e. The summed E-state index contributed by atoms with van der Waals surface area (Å²) in [6.07, 6.45) is 9.29. The van der Waals surface area contributed by atoms with E-state index >= 15 is 0 Å². The van der Waals surface area contributed by atoms with E-state index in [0.717, 1.165) is 12.3 Å². The maximum absolute atomic E-state index is 12.3. The topological polar surface area (TPSA) is 35.5 Å². The Balaban J connectivity index is 1.48. The number of ether oxygens (including phenoxy) is 2. The van der Waals surface area contributed by atoms with E-state index in [9.17, 15) is 4.79 Å². The molecular weight excluding hydrogens is 372 g/mol. The van der Waals surface area contributed by atoms with Gasteiger partial charge in [0.1, 0.15) is 18.1 Å². The first-order valence-corrected chi connectivity index (χ1v) is 10.7. The minimum absolute atomic E-state index is 0.0599. The molecule has 28 heavy (non-hydrogen) atoms. The lowest BCUT2D eigenvalue weighted by molar-refractivity contribution is 0.0734. The SMILES string of the molecule is C[C@H](Cl)COc1ccc(C(=O)Oc2ccc(CCC3CCCCC3)cc2)cc1. The summed E-state index contributed by atoms with van der Waals surface area (Å²) in [5.41, 5.74) is 1.80. The maximum Gasteiger partial charge on any atom is 0.343 e. The van der Waals surface area contributed by atoms with E-state index in [0.29, 0.717) is 23.7 Å². The van der Waals surface area contributed by atoms with Gasteiger partial charge in [0.25, 0.3) is 0 Å². The average Bonchev–Trinajstić information content (AvgIpc) is 2.73. The monoisotopic (exact) mass is 400 g/mol. The summed E-state index contributed by atoms with van der Waals surface area (Å²) in [7, 11) is 0. The first-order chi connectivity index (χ1) is 13.6. The minimum atomic E-state index is -0.368. The van der Waals surface area contributed by atoms with Gasteiger partial charge in [0.15, 0.2) is 0 Å². The van der Waals surface area contributed by atoms with Crippen LogP contribution in [0.25, 0.3) is 0 Å². The molecule has 0 N–H and O–H groups in total. The van der Waals surface area contributed by atoms with Crippen molar-refractivity contribution in [1.82, 2.24) is 0 Å². The van der Waals surface area contributed by atoms with Gasteiger partial charge in [-0.05, 0) is 67.6 Å². The number of alkyl halides is 1. The highest BCUT2D eigenvalue weighted by Crippen LogP contribution is 2.28. The summed E-state index contributed by atoms with van der Waals surface area (Å²) in [5, 5.41) is -0.0599. The third kappa shape index (κ3) is 6.56. The van der Waals surface area contributed by atoms with Gasteiger partial charge >= 0.3 is 5.97 Å². The highest BCUT2D eigenvalue weighted by atomic mass is 35.5. The van der Waals surface area contributed by atoms with Gasteiger partial charge < -0.3 is 9.47 Å². The third-order valence-corrected chi connectivity index (χ3v) is 5.40. The summed E-state index contributed by atoms with van der Waals surface area (Å²) in [5.74, 6) is 1.77. The Morgan fingerprint density at radius 1 is 1.00 bits per heavy atom. The Labute approximate surface area is 173 Å². The number of hydrogen-bond acceptors (Lipinski definition) is 3. The van der Waals surface area contributed by atoms with Crippen LogP contribution >= 0.6 is 11.6 Å². The van der Waals surface area contributed by atoms with Crippen LogP contribution in [-0.4, -0.2) is 18.0 Å². The van der Waals surface area contributed by atoms with Crippen LogP contribution in [0.15, 0.2) is 48.5 Å². The van der Waals surface area contributed by atoms with E-state index < -0.39 is 0 Å². The molecule has 0 amide bonds. The van der Waals surface area contributed by atoms with Gasteiger partial charge in [-0.1, -0.05) is 44.2 Å². The lowest BCUT2D eigenvalue weighted by Gasteiger charge is -2.21. The fourth-order valence-electron chi connectivity index (χ4n) is 3.64. The van der Waals surface area contributed by atoms with Crippen LogP contribution in [0.5, 0.6) is 11.5 Å². The molecule has 3 rings (SSSR count). The Hall–Kier alpha value is -2.00. The largest absolute Gasteiger partial charge is 0.492 e. The molecule has 3 nitrogen and oxygen atoms in total. The van der Waals surface area contributed by atoms with Crippen LogP contribution in [0, 0.1) is 5.92 Å². The predicted octanol–water partition coefficient (Wildman–Crippen LogP) is 6.42. The Kier molecular flexibility index (Phi) is 7.79. The molecule has 1 atom stereocenters. The maximum atomic E-state index is 12.3. The molecule has 0 aliphatic heterocycles. The van der Waals surface area contributed by atoms with Crippen molar-refractivity contribution in [2.75, 3.05) is 6.61 Å². The zero-order valence-electron chi connectivity index (χ0n) is 16.5. The first kappa shape index (κ1) is 20.7. The highest BCUT2D eigenvalue weighted by Gasteiger charge is 2.13. The number of benzene rings is 2. The quantitative estimate of drug-likeness (QED) is 0.291. The standard InChI is InChI=1S/C24H29ClO3/c1-18(25)17-27-22-15-11-21(12-16-22)24(26)28-23-13-9-20(10-14-23)8-7-19-5-3-2-4-6-19/h9-16,18-19H,2-8,17H2,1H3/t18-/m0/s1. The van der Waals surface area contributed by atoms with Crippen molar-refractivity contribution in [2.24, 2.45) is 5.92 Å². The zero-order valence-corrected chi connectivity index (χ0v) is 17.3. The Bertz CT molecular complexity index is 731. The van der Waals surface area contributed by atoms with E-state index in [2.05, 4.69) is 12.1 Å². The van der Waals surface area contributed by atoms with Gasteiger partial charge in [0.05, 0.1) is 10.9 Å². The smallest absolute Gasteiger partial charge is 0.343 e. The molecule has 150 valence electrons. The van der Waals surface area contributed by atoms with Crippen molar-refractivity contribution in [3.63, 3.8) is 0 Å². The Morgan fingerprint density at radius 3 is 2.29 bits per heavy atom. The van der Waals surface area contributed by atoms with E-state index in [1.807, 2.05) is 19.1 Å². The van der Waals surface area contributed by atoms with E-state index in [1.165, 1.54) is 44.1 Å². The van der Waals surface area contributed by atoms with Crippen LogP contribution < -0.4 is 9.47 Å². The summed E-state index contributed by atoms with van der Waals surface area (Å²) in [4.78, 5) is 12.3. The number of esters is 1. The van der Waals surface area contributed by atoms with Gasteiger partial charge in [-0.15, -0.1) is 11.6 Å². The molecular formula is C24H29ClO3. The molecule has 1 saturated carbocycles. The average molecular weight is 401 g/mol. The van der Waals surface area contributed by atoms with Crippen molar-refractivity contribution in [2.45, 2.75) is 57.2 Å². The van der Waals surface area contributed by atoms with Crippen LogP contribution in [-0.2, 0) is 6.42 Å². The summed E-state index contributed by atoms with van der Waals surface area (Å²) < 4.78 is 11.0. The van der Waals surface area contributed by atoms with E-state index in [1.54, 1.807) is 24.3 Å². The van der Waals surface area contributed by atoms with Crippen LogP contribution in [0.3, 0.4) is 0 Å². The Morgan fingerprint density at radius 2 is 1.64 bits per heavy atom. The van der Waals surface area contributed by atoms with Crippen molar-refractivity contribution < 1.29 is 14.3 Å². The molecule has 0 unspecified atom stereocenters. The highest BCUT2D eigenvalue weighted by molar-refractivity contribution is 6.20. The van der Waals surface area contributed by atoms with E-state index in [4.69, 9.17) is 21.1 Å². The second-order valence-electron chi connectivity index (χ2n) is 7.69. The molecule has 1 aliphatic carbocycles. The summed E-state index contributed by atoms with van der Waals surface area (Å²) in [6, 6.07) is 14.8. The summed E-state index contributed by atoms with van der Waals surface area (Å²) in [6.45, 7) is 2.30. The fraction of sp³-hybridized carbons (Fsp3) is 0.458. The molecule has 2 aromatic carbocycles. The number of hydrogen-bond donors (Lipinski definition) is 0. The number of carbonyl (C=O) groups is 1. The second-order valence-corrected chi connectivity index (χ2v) is 8.44. The van der Waals surface area contributed by atoms with Gasteiger partial charge in [-0.25, -0.2) is 4.79 Å². The number of halogens is 1. The van der Waals surface area contributed by atoms with E-state index in [-0.39, 0.29) is 11.3 Å². The predicted molar refractivity (Wildman–Crippen MR) is 114 cm³/mol. The summed E-state index contributed by atoms with van der Waals surface area (Å²) >= 11 is 5.87. The lowest BCUT2D eigenvalue weighted by Crippen LogP contribution is -2.10. The van der Waals surface area contributed by atoms with Gasteiger partial charge in [0, 0.05) is 0 Å². The molecule has 2 aromatic rings. The molecule has 0 aromatic heterocycles. The first-order valence-electron chi connectivity index (χ1n) is 10.3. The van der Waals surface area contributed by atoms with Crippen molar-refractivity contribution >= 4 is 17.6 Å². The molecule has 0 bridgehead atoms. The molecule has 0 heterocycles. The van der Waals surface area contributed by atoms with Gasteiger partial charge in [-0.2, -0.15) is 0 Å². The van der Waals surface area contributed by atoms with Gasteiger partial charge in [0.2, 0.25) is 0 Å². The molecule has 4 heteroatoms. The second kappa shape index (κ2) is 10.5. The normalized spacial score (nSPS) is 15.8. The van der Waals surface area contributed by atoms with Crippen molar-refractivity contribution in [3.05, 3.63) is 59.7 Å².